The number of nitrogens with zero attached hydrogens (tertiary/aromatic N) is 7. The SMILES string of the molecule is Cn1cc(O)n([C@H]2C[C@@H](n3cnc4c(NCC(c5ccccc5)c5ccccc5)nc(N5CC[C@@H](NC(=O)Nc6cccc(S(N)(=O)=O)c6)C5)nc43)[C@H](O)[C@@H]2O)c1=O. The zero-order valence-corrected chi connectivity index (χ0v) is 32.1. The quantitative estimate of drug-likeness (QED) is 0.0996. The van der Waals surface area contributed by atoms with E-state index in [1.54, 1.807) is 10.6 Å². The number of rotatable bonds is 11. The van der Waals surface area contributed by atoms with Crippen LogP contribution in [0.4, 0.5) is 22.2 Å². The van der Waals surface area contributed by atoms with Crippen LogP contribution in [0, 0.1) is 0 Å². The smallest absolute Gasteiger partial charge is 0.331 e. The number of amides is 2. The molecular weight excluding hydrogens is 767 g/mol. The summed E-state index contributed by atoms with van der Waals surface area (Å²) in [7, 11) is -2.47. The maximum Gasteiger partial charge on any atom is 0.331 e. The maximum atomic E-state index is 13.0. The van der Waals surface area contributed by atoms with Gasteiger partial charge in [0.2, 0.25) is 21.9 Å². The van der Waals surface area contributed by atoms with Crippen molar-refractivity contribution in [3.05, 3.63) is 119 Å². The lowest BCUT2D eigenvalue weighted by Gasteiger charge is -2.22. The third-order valence-electron chi connectivity index (χ3n) is 10.9. The van der Waals surface area contributed by atoms with E-state index in [4.69, 9.17) is 20.1 Å². The highest BCUT2D eigenvalue weighted by molar-refractivity contribution is 7.89. The van der Waals surface area contributed by atoms with Crippen molar-refractivity contribution in [2.45, 2.75) is 54.0 Å². The number of primary sulfonamides is 1. The number of carbonyl (C=O) groups excluding carboxylic acids is 1. The number of hydrogen-bond acceptors (Lipinski definition) is 12. The highest BCUT2D eigenvalue weighted by atomic mass is 32.2. The topological polar surface area (TPSA) is 248 Å². The molecule has 8 rings (SSSR count). The van der Waals surface area contributed by atoms with Crippen LogP contribution < -0.4 is 31.7 Å². The number of aryl methyl sites for hydroxylation is 1. The third-order valence-corrected chi connectivity index (χ3v) is 11.8. The van der Waals surface area contributed by atoms with Gasteiger partial charge in [0.15, 0.2) is 17.0 Å². The van der Waals surface area contributed by atoms with Gasteiger partial charge >= 0.3 is 11.7 Å². The minimum Gasteiger partial charge on any atom is -0.493 e. The molecule has 0 unspecified atom stereocenters. The van der Waals surface area contributed by atoms with Crippen LogP contribution in [0.5, 0.6) is 5.88 Å². The largest absolute Gasteiger partial charge is 0.493 e. The highest BCUT2D eigenvalue weighted by Crippen LogP contribution is 2.41. The molecule has 3 aromatic heterocycles. The second-order valence-electron chi connectivity index (χ2n) is 14.7. The van der Waals surface area contributed by atoms with Gasteiger partial charge in [-0.15, -0.1) is 0 Å². The zero-order chi connectivity index (χ0) is 40.7. The molecule has 1 aliphatic heterocycles. The van der Waals surface area contributed by atoms with Gasteiger partial charge in [0.25, 0.3) is 0 Å². The predicted octanol–water partition coefficient (Wildman–Crippen LogP) is 2.23. The lowest BCUT2D eigenvalue weighted by atomic mass is 9.91. The maximum absolute atomic E-state index is 13.0. The Balaban J connectivity index is 1.10. The highest BCUT2D eigenvalue weighted by Gasteiger charge is 2.46. The van der Waals surface area contributed by atoms with Gasteiger partial charge in [-0.3, -0.25) is 9.13 Å². The van der Waals surface area contributed by atoms with Gasteiger partial charge in [-0.1, -0.05) is 66.7 Å². The molecule has 4 heterocycles. The van der Waals surface area contributed by atoms with Gasteiger partial charge in [-0.25, -0.2) is 28.1 Å². The number of nitrogens with one attached hydrogen (secondary N) is 3. The molecular formula is C39H43N11O7S. The number of benzene rings is 3. The summed E-state index contributed by atoms with van der Waals surface area (Å²) in [6, 6.07) is 23.3. The molecule has 0 radical (unpaired) electrons. The summed E-state index contributed by atoms with van der Waals surface area (Å²) in [6.45, 7) is 1.25. The zero-order valence-electron chi connectivity index (χ0n) is 31.3. The van der Waals surface area contributed by atoms with E-state index >= 15 is 0 Å². The molecule has 58 heavy (non-hydrogen) atoms. The van der Waals surface area contributed by atoms with Crippen molar-refractivity contribution in [1.29, 1.82) is 0 Å². The van der Waals surface area contributed by atoms with Gasteiger partial charge in [0.1, 0.15) is 12.2 Å². The Morgan fingerprint density at radius 2 is 1.66 bits per heavy atom. The molecule has 6 aromatic rings. The first kappa shape index (κ1) is 38.6. The molecule has 1 aliphatic carbocycles. The Morgan fingerprint density at radius 1 is 0.966 bits per heavy atom. The fraction of sp³-hybridized carbons (Fsp3) is 0.308. The van der Waals surface area contributed by atoms with Crippen molar-refractivity contribution in [1.82, 2.24) is 34.0 Å². The van der Waals surface area contributed by atoms with E-state index in [-0.39, 0.29) is 34.8 Å². The van der Waals surface area contributed by atoms with E-state index in [9.17, 15) is 33.3 Å². The third kappa shape index (κ3) is 7.59. The van der Waals surface area contributed by atoms with Crippen LogP contribution in [0.3, 0.4) is 0 Å². The number of fused-ring (bicyclic) bond motifs is 1. The van der Waals surface area contributed by atoms with Crippen LogP contribution in [-0.4, -0.2) is 96.3 Å². The molecule has 0 spiro atoms. The van der Waals surface area contributed by atoms with Crippen LogP contribution in [0.15, 0.2) is 107 Å². The summed E-state index contributed by atoms with van der Waals surface area (Å²) in [5.74, 6) is 0.373. The number of anilines is 3. The van der Waals surface area contributed by atoms with Gasteiger partial charge < -0.3 is 40.7 Å². The van der Waals surface area contributed by atoms with E-state index < -0.39 is 46.0 Å². The molecule has 19 heteroatoms. The summed E-state index contributed by atoms with van der Waals surface area (Å²) < 4.78 is 27.6. The summed E-state index contributed by atoms with van der Waals surface area (Å²) in [4.78, 5) is 42.3. The van der Waals surface area contributed by atoms with Gasteiger partial charge in [-0.05, 0) is 42.2 Å². The number of aromatic hydroxyl groups is 1. The number of sulfonamides is 1. The van der Waals surface area contributed by atoms with Crippen molar-refractivity contribution in [3.63, 3.8) is 0 Å². The van der Waals surface area contributed by atoms with E-state index in [2.05, 4.69) is 40.2 Å². The molecule has 18 nitrogen and oxygen atoms in total. The van der Waals surface area contributed by atoms with E-state index in [1.165, 1.54) is 42.3 Å². The van der Waals surface area contributed by atoms with Crippen LogP contribution in [-0.2, 0) is 17.1 Å². The molecule has 3 aromatic carbocycles. The molecule has 1 saturated carbocycles. The van der Waals surface area contributed by atoms with Crippen molar-refractivity contribution < 1.29 is 28.5 Å². The minimum absolute atomic E-state index is 0.0631. The number of hydrogen-bond donors (Lipinski definition) is 7. The van der Waals surface area contributed by atoms with E-state index in [0.717, 1.165) is 15.7 Å². The minimum atomic E-state index is -3.96. The second-order valence-corrected chi connectivity index (χ2v) is 16.2. The Hall–Kier alpha value is -6.28. The Kier molecular flexibility index (Phi) is 10.4. The van der Waals surface area contributed by atoms with Crippen molar-refractivity contribution >= 4 is 44.7 Å². The lowest BCUT2D eigenvalue weighted by molar-refractivity contribution is 0.00756. The van der Waals surface area contributed by atoms with Crippen LogP contribution >= 0.6 is 0 Å². The number of aliphatic hydroxyl groups is 2. The average Bonchev–Trinajstić information content (AvgIpc) is 3.98. The second kappa shape index (κ2) is 15.6. The first-order valence-corrected chi connectivity index (χ1v) is 20.3. The van der Waals surface area contributed by atoms with Crippen LogP contribution in [0.1, 0.15) is 42.0 Å². The predicted molar refractivity (Wildman–Crippen MR) is 215 cm³/mol. The molecule has 8 N–H and O–H groups in total. The number of nitrogens with two attached hydrogens (primary N) is 1. The normalized spacial score (nSPS) is 20.8. The van der Waals surface area contributed by atoms with Gasteiger partial charge in [0, 0.05) is 44.3 Å². The molecule has 1 saturated heterocycles. The molecule has 2 amide bonds. The average molecular weight is 810 g/mol. The molecule has 302 valence electrons. The molecule has 5 atom stereocenters. The van der Waals surface area contributed by atoms with Crippen molar-refractivity contribution in [2.75, 3.05) is 35.2 Å². The van der Waals surface area contributed by atoms with Crippen molar-refractivity contribution in [2.24, 2.45) is 12.2 Å². The lowest BCUT2D eigenvalue weighted by Crippen LogP contribution is -2.40. The molecule has 2 aliphatic rings. The number of aromatic nitrogens is 6. The Bertz CT molecular complexity index is 2580. The molecule has 0 bridgehead atoms. The number of imidazole rings is 2. The first-order chi connectivity index (χ1) is 27.9. The fourth-order valence-electron chi connectivity index (χ4n) is 7.96. The van der Waals surface area contributed by atoms with Gasteiger partial charge in [-0.2, -0.15) is 9.97 Å². The first-order valence-electron chi connectivity index (χ1n) is 18.7. The summed E-state index contributed by atoms with van der Waals surface area (Å²) in [5, 5.41) is 47.6. The summed E-state index contributed by atoms with van der Waals surface area (Å²) >= 11 is 0. The Labute approximate surface area is 332 Å². The van der Waals surface area contributed by atoms with Crippen LogP contribution in [0.25, 0.3) is 11.2 Å². The summed E-state index contributed by atoms with van der Waals surface area (Å²) in [6.07, 6.45) is 0.688. The number of urea groups is 1. The van der Waals surface area contributed by atoms with Crippen molar-refractivity contribution in [3.8, 4) is 5.88 Å². The van der Waals surface area contributed by atoms with Gasteiger partial charge in [0.05, 0.1) is 29.5 Å². The molecule has 2 fully saturated rings. The summed E-state index contributed by atoms with van der Waals surface area (Å²) in [5.41, 5.74) is 2.70. The number of carbonyl (C=O) groups is 1. The standard InChI is InChI=1S/C39H43N11O7S/c1-47-21-31(51)50(39(47)55)30-18-29(33(52)34(30)53)49-22-42-32-35(41-19-28(23-9-4-2-5-10-23)24-11-6-3-7-12-24)45-37(46-36(32)49)48-16-15-26(20-48)44-38(54)43-25-13-8-14-27(17-25)58(40,56)57/h2-14,17,21-22,26,28-30,33-34,51-53H,15-16,18-20H2,1H3,(H2,40,56,57)(H,41,45,46)(H2,43,44,54)/t26-,29-,30+,33+,34-/m1/s1. The van der Waals surface area contributed by atoms with E-state index in [1.807, 2.05) is 41.3 Å². The number of aliphatic hydroxyl groups excluding tert-OH is 2. The monoisotopic (exact) mass is 809 g/mol. The van der Waals surface area contributed by atoms with Crippen LogP contribution in [0.2, 0.25) is 0 Å². The van der Waals surface area contributed by atoms with E-state index in [0.29, 0.717) is 49.0 Å². The fourth-order valence-corrected chi connectivity index (χ4v) is 8.52. The Morgan fingerprint density at radius 3 is 2.31 bits per heavy atom.